The van der Waals surface area contributed by atoms with Crippen LogP contribution in [0.3, 0.4) is 0 Å². The predicted octanol–water partition coefficient (Wildman–Crippen LogP) is 3.67. The molecule has 0 amide bonds. The molecule has 108 valence electrons. The van der Waals surface area contributed by atoms with Crippen molar-refractivity contribution in [2.75, 3.05) is 29.9 Å². The van der Waals surface area contributed by atoms with Crippen molar-refractivity contribution in [3.05, 3.63) is 52.5 Å². The highest BCUT2D eigenvalue weighted by Gasteiger charge is 2.22. The van der Waals surface area contributed by atoms with Gasteiger partial charge in [0.05, 0.1) is 17.1 Å². The van der Waals surface area contributed by atoms with Gasteiger partial charge in [-0.05, 0) is 46.3 Å². The average molecular weight is 362 g/mol. The molecule has 0 bridgehead atoms. The fourth-order valence-electron chi connectivity index (χ4n) is 2.64. The molecule has 1 aliphatic heterocycles. The number of rotatable bonds is 2. The van der Waals surface area contributed by atoms with Crippen LogP contribution in [0, 0.1) is 0 Å². The first-order valence-electron chi connectivity index (χ1n) is 6.75. The summed E-state index contributed by atoms with van der Waals surface area (Å²) in [6, 6.07) is 14.5. The number of anilines is 3. The van der Waals surface area contributed by atoms with Crippen molar-refractivity contribution in [3.63, 3.8) is 0 Å². The van der Waals surface area contributed by atoms with E-state index in [-0.39, 0.29) is 0 Å². The van der Waals surface area contributed by atoms with E-state index in [9.17, 15) is 0 Å². The molecule has 0 aliphatic carbocycles. The summed E-state index contributed by atoms with van der Waals surface area (Å²) >= 11 is 8.68. The van der Waals surface area contributed by atoms with E-state index in [1.807, 2.05) is 12.1 Å². The van der Waals surface area contributed by atoms with Crippen LogP contribution >= 0.6 is 28.1 Å². The largest absolute Gasteiger partial charge is 0.389 e. The normalized spacial score (nSPS) is 14.0. The number of thiocarbonyl (C=S) groups is 1. The molecule has 1 aliphatic rings. The molecular weight excluding hydrogens is 346 g/mol. The number of nitrogens with two attached hydrogens (primary N) is 1. The van der Waals surface area contributed by atoms with Crippen LogP contribution in [0.2, 0.25) is 0 Å². The van der Waals surface area contributed by atoms with E-state index in [1.54, 1.807) is 0 Å². The van der Waals surface area contributed by atoms with Gasteiger partial charge in [0, 0.05) is 30.2 Å². The van der Waals surface area contributed by atoms with Gasteiger partial charge in [0.25, 0.3) is 0 Å². The lowest BCUT2D eigenvalue weighted by Crippen LogP contribution is -2.36. The fraction of sp³-hybridized carbons (Fsp3) is 0.188. The topological polar surface area (TPSA) is 32.5 Å². The maximum atomic E-state index is 5.70. The highest BCUT2D eigenvalue weighted by Crippen LogP contribution is 2.39. The summed E-state index contributed by atoms with van der Waals surface area (Å²) in [6.07, 6.45) is 0. The predicted molar refractivity (Wildman–Crippen MR) is 96.7 cm³/mol. The Morgan fingerprint density at radius 1 is 1.10 bits per heavy atom. The summed E-state index contributed by atoms with van der Waals surface area (Å²) in [5.74, 6) is 0. The molecular formula is C16H16BrN3S. The lowest BCUT2D eigenvalue weighted by molar-refractivity contribution is 0.821. The van der Waals surface area contributed by atoms with Gasteiger partial charge in [0.2, 0.25) is 0 Å². The number of likely N-dealkylation sites (N-methyl/N-ethyl adjacent to an activating group) is 1. The zero-order valence-corrected chi connectivity index (χ0v) is 14.1. The Kier molecular flexibility index (Phi) is 3.87. The van der Waals surface area contributed by atoms with E-state index >= 15 is 0 Å². The molecule has 1 heterocycles. The lowest BCUT2D eigenvalue weighted by Gasteiger charge is -2.37. The molecule has 0 saturated carbocycles. The van der Waals surface area contributed by atoms with Gasteiger partial charge in [0.15, 0.2) is 0 Å². The minimum absolute atomic E-state index is 0.418. The summed E-state index contributed by atoms with van der Waals surface area (Å²) in [6.45, 7) is 1.93. The molecule has 21 heavy (non-hydrogen) atoms. The quantitative estimate of drug-likeness (QED) is 0.827. The minimum Gasteiger partial charge on any atom is -0.389 e. The Balaban J connectivity index is 2.06. The molecule has 0 saturated heterocycles. The number of hydrogen-bond donors (Lipinski definition) is 1. The monoisotopic (exact) mass is 361 g/mol. The van der Waals surface area contributed by atoms with Crippen molar-refractivity contribution < 1.29 is 0 Å². The Bertz CT molecular complexity index is 702. The van der Waals surface area contributed by atoms with Crippen molar-refractivity contribution in [2.24, 2.45) is 5.73 Å². The number of para-hydroxylation sites is 2. The molecule has 0 fully saturated rings. The molecule has 5 heteroatoms. The van der Waals surface area contributed by atoms with Gasteiger partial charge in [-0.15, -0.1) is 0 Å². The van der Waals surface area contributed by atoms with Crippen LogP contribution in [0.1, 0.15) is 5.56 Å². The van der Waals surface area contributed by atoms with Crippen LogP contribution in [0.25, 0.3) is 0 Å². The molecule has 0 atom stereocenters. The van der Waals surface area contributed by atoms with Gasteiger partial charge in [-0.2, -0.15) is 0 Å². The summed E-state index contributed by atoms with van der Waals surface area (Å²) in [5.41, 5.74) is 10.2. The SMILES string of the molecule is CN1CCN(c2ccc(C(N)=S)cc2Br)c2ccccc21. The Hall–Kier alpha value is -1.59. The number of nitrogens with zero attached hydrogens (tertiary/aromatic N) is 2. The Morgan fingerprint density at radius 2 is 1.81 bits per heavy atom. The van der Waals surface area contributed by atoms with Crippen molar-refractivity contribution in [1.29, 1.82) is 0 Å². The molecule has 0 spiro atoms. The highest BCUT2D eigenvalue weighted by molar-refractivity contribution is 9.10. The van der Waals surface area contributed by atoms with Crippen LogP contribution in [0.5, 0.6) is 0 Å². The van der Waals surface area contributed by atoms with Crippen molar-refractivity contribution in [1.82, 2.24) is 0 Å². The fourth-order valence-corrected chi connectivity index (χ4v) is 3.36. The second kappa shape index (κ2) is 5.66. The summed E-state index contributed by atoms with van der Waals surface area (Å²) in [5, 5.41) is 0. The molecule has 0 radical (unpaired) electrons. The number of hydrogen-bond acceptors (Lipinski definition) is 3. The molecule has 2 aromatic rings. The minimum atomic E-state index is 0.418. The number of fused-ring (bicyclic) bond motifs is 1. The lowest BCUT2D eigenvalue weighted by atomic mass is 10.1. The van der Waals surface area contributed by atoms with E-state index in [0.717, 1.165) is 28.8 Å². The first-order valence-corrected chi connectivity index (χ1v) is 7.95. The second-order valence-electron chi connectivity index (χ2n) is 5.09. The number of benzene rings is 2. The third-order valence-electron chi connectivity index (χ3n) is 3.77. The second-order valence-corrected chi connectivity index (χ2v) is 6.39. The maximum Gasteiger partial charge on any atom is 0.104 e. The smallest absolute Gasteiger partial charge is 0.104 e. The van der Waals surface area contributed by atoms with E-state index in [1.165, 1.54) is 11.4 Å². The molecule has 0 unspecified atom stereocenters. The zero-order chi connectivity index (χ0) is 15.0. The van der Waals surface area contributed by atoms with Crippen molar-refractivity contribution in [2.45, 2.75) is 0 Å². The van der Waals surface area contributed by atoms with Crippen LogP contribution in [0.4, 0.5) is 17.1 Å². The van der Waals surface area contributed by atoms with E-state index in [0.29, 0.717) is 4.99 Å². The van der Waals surface area contributed by atoms with E-state index in [2.05, 4.69) is 63.1 Å². The van der Waals surface area contributed by atoms with Crippen LogP contribution < -0.4 is 15.5 Å². The standard InChI is InChI=1S/C16H16BrN3S/c1-19-8-9-20(15-5-3-2-4-14(15)19)13-7-6-11(16(18)21)10-12(13)17/h2-7,10H,8-9H2,1H3,(H2,18,21). The molecule has 2 N–H and O–H groups in total. The van der Waals surface area contributed by atoms with E-state index < -0.39 is 0 Å². The third kappa shape index (κ3) is 2.63. The number of halogens is 1. The Morgan fingerprint density at radius 3 is 2.48 bits per heavy atom. The first kappa shape index (κ1) is 14.4. The Labute approximate surface area is 138 Å². The van der Waals surface area contributed by atoms with Gasteiger partial charge in [-0.25, -0.2) is 0 Å². The van der Waals surface area contributed by atoms with Gasteiger partial charge in [0.1, 0.15) is 4.99 Å². The first-order chi connectivity index (χ1) is 10.1. The summed E-state index contributed by atoms with van der Waals surface area (Å²) in [7, 11) is 2.13. The maximum absolute atomic E-state index is 5.70. The third-order valence-corrected chi connectivity index (χ3v) is 4.64. The zero-order valence-electron chi connectivity index (χ0n) is 11.7. The summed E-state index contributed by atoms with van der Waals surface area (Å²) in [4.78, 5) is 5.02. The van der Waals surface area contributed by atoms with Crippen molar-refractivity contribution in [3.8, 4) is 0 Å². The molecule has 2 aromatic carbocycles. The highest BCUT2D eigenvalue weighted by atomic mass is 79.9. The van der Waals surface area contributed by atoms with Gasteiger partial charge in [-0.3, -0.25) is 0 Å². The van der Waals surface area contributed by atoms with Gasteiger partial charge in [-0.1, -0.05) is 24.4 Å². The van der Waals surface area contributed by atoms with Crippen LogP contribution in [-0.2, 0) is 0 Å². The van der Waals surface area contributed by atoms with Gasteiger partial charge < -0.3 is 15.5 Å². The van der Waals surface area contributed by atoms with Crippen LogP contribution in [0.15, 0.2) is 46.9 Å². The van der Waals surface area contributed by atoms with E-state index in [4.69, 9.17) is 18.0 Å². The average Bonchev–Trinajstić information content (AvgIpc) is 2.48. The summed E-state index contributed by atoms with van der Waals surface area (Å²) < 4.78 is 1.01. The van der Waals surface area contributed by atoms with Crippen molar-refractivity contribution >= 4 is 50.2 Å². The van der Waals surface area contributed by atoms with Crippen LogP contribution in [-0.4, -0.2) is 25.1 Å². The molecule has 0 aromatic heterocycles. The molecule has 3 nitrogen and oxygen atoms in total. The van der Waals surface area contributed by atoms with Gasteiger partial charge >= 0.3 is 0 Å². The molecule has 3 rings (SSSR count).